The fraction of sp³-hybridized carbons (Fsp3) is 0.321. The van der Waals surface area contributed by atoms with Crippen molar-refractivity contribution in [3.8, 4) is 11.1 Å². The molecule has 0 unspecified atom stereocenters. The van der Waals surface area contributed by atoms with Crippen LogP contribution in [0.25, 0.3) is 21.9 Å². The summed E-state index contributed by atoms with van der Waals surface area (Å²) in [6.45, 7) is 7.81. The van der Waals surface area contributed by atoms with Crippen LogP contribution in [-0.4, -0.2) is 68.4 Å². The normalized spacial score (nSPS) is 14.0. The fourth-order valence-corrected chi connectivity index (χ4v) is 4.32. The molecule has 1 N–H and O–H groups in total. The Morgan fingerprint density at radius 2 is 1.71 bits per heavy atom. The van der Waals surface area contributed by atoms with E-state index in [4.69, 9.17) is 4.74 Å². The maximum atomic E-state index is 13.1. The third kappa shape index (κ3) is 5.74. The smallest absolute Gasteiger partial charge is 0.410 e. The zero-order chi connectivity index (χ0) is 26.9. The standard InChI is InChI=1S/C28H31N7O3/c1-28(2,3)38-27(37)35-11-9-34(10-12-35)25-15-20(7-8-29-25)26(36)32-24-14-22-13-19(5-6-21(22)16-30-24)23-17-31-33(4)18-23/h5-8,13-18H,9-12H2,1-4H3,(H,30,32,36). The van der Waals surface area contributed by atoms with E-state index in [0.717, 1.165) is 21.9 Å². The number of anilines is 2. The molecule has 2 amide bonds. The van der Waals surface area contributed by atoms with Crippen molar-refractivity contribution in [1.29, 1.82) is 0 Å². The molecule has 0 saturated carbocycles. The number of piperazine rings is 1. The van der Waals surface area contributed by atoms with Crippen LogP contribution in [0.1, 0.15) is 31.1 Å². The summed E-state index contributed by atoms with van der Waals surface area (Å²) in [5.74, 6) is 0.889. The van der Waals surface area contributed by atoms with Gasteiger partial charge in [0.2, 0.25) is 0 Å². The predicted octanol–water partition coefficient (Wildman–Crippen LogP) is 4.34. The lowest BCUT2D eigenvalue weighted by molar-refractivity contribution is 0.0240. The maximum Gasteiger partial charge on any atom is 0.410 e. The molecular formula is C28H31N7O3. The van der Waals surface area contributed by atoms with Gasteiger partial charge in [-0.15, -0.1) is 0 Å². The number of aryl methyl sites for hydroxylation is 1. The second-order valence-corrected chi connectivity index (χ2v) is 10.3. The van der Waals surface area contributed by atoms with E-state index in [2.05, 4.69) is 31.3 Å². The average Bonchev–Trinajstić information content (AvgIpc) is 3.33. The fourth-order valence-electron chi connectivity index (χ4n) is 4.32. The van der Waals surface area contributed by atoms with E-state index in [1.54, 1.807) is 34.1 Å². The first-order valence-electron chi connectivity index (χ1n) is 12.5. The van der Waals surface area contributed by atoms with Gasteiger partial charge in [-0.3, -0.25) is 9.48 Å². The summed E-state index contributed by atoms with van der Waals surface area (Å²) < 4.78 is 7.24. The summed E-state index contributed by atoms with van der Waals surface area (Å²) in [5, 5.41) is 9.10. The second-order valence-electron chi connectivity index (χ2n) is 10.3. The van der Waals surface area contributed by atoms with Crippen LogP contribution in [0.2, 0.25) is 0 Å². The van der Waals surface area contributed by atoms with Crippen LogP contribution in [0.3, 0.4) is 0 Å². The largest absolute Gasteiger partial charge is 0.444 e. The highest BCUT2D eigenvalue weighted by molar-refractivity contribution is 6.05. The lowest BCUT2D eigenvalue weighted by atomic mass is 10.1. The number of benzene rings is 1. The number of nitrogens with one attached hydrogen (secondary N) is 1. The molecule has 1 aromatic carbocycles. The molecule has 3 aromatic heterocycles. The van der Waals surface area contributed by atoms with E-state index >= 15 is 0 Å². The third-order valence-electron chi connectivity index (χ3n) is 6.26. The van der Waals surface area contributed by atoms with Gasteiger partial charge in [-0.25, -0.2) is 14.8 Å². The molecular weight excluding hydrogens is 482 g/mol. The van der Waals surface area contributed by atoms with Crippen LogP contribution in [0, 0.1) is 0 Å². The van der Waals surface area contributed by atoms with Gasteiger partial charge >= 0.3 is 6.09 Å². The molecule has 4 heterocycles. The van der Waals surface area contributed by atoms with Gasteiger partial charge in [-0.1, -0.05) is 12.1 Å². The van der Waals surface area contributed by atoms with Crippen molar-refractivity contribution in [3.05, 3.63) is 66.7 Å². The van der Waals surface area contributed by atoms with Crippen LogP contribution in [-0.2, 0) is 11.8 Å². The van der Waals surface area contributed by atoms with Gasteiger partial charge in [-0.2, -0.15) is 5.10 Å². The zero-order valence-electron chi connectivity index (χ0n) is 22.0. The highest BCUT2D eigenvalue weighted by Gasteiger charge is 2.26. The molecule has 196 valence electrons. The van der Waals surface area contributed by atoms with Gasteiger partial charge in [0.1, 0.15) is 17.2 Å². The number of hydrogen-bond acceptors (Lipinski definition) is 7. The molecule has 10 nitrogen and oxygen atoms in total. The molecule has 5 rings (SSSR count). The molecule has 0 spiro atoms. The molecule has 4 aromatic rings. The summed E-state index contributed by atoms with van der Waals surface area (Å²) in [4.78, 5) is 38.1. The van der Waals surface area contributed by atoms with Gasteiger partial charge in [0.25, 0.3) is 5.91 Å². The Morgan fingerprint density at radius 3 is 2.42 bits per heavy atom. The Morgan fingerprint density at radius 1 is 0.921 bits per heavy atom. The Hall–Kier alpha value is -4.47. The average molecular weight is 514 g/mol. The summed E-state index contributed by atoms with van der Waals surface area (Å²) >= 11 is 0. The maximum absolute atomic E-state index is 13.1. The third-order valence-corrected chi connectivity index (χ3v) is 6.26. The molecule has 0 radical (unpaired) electrons. The SMILES string of the molecule is Cn1cc(-c2ccc3cnc(NC(=O)c4ccnc(N5CCN(C(=O)OC(C)(C)C)CC5)c4)cc3c2)cn1. The van der Waals surface area contributed by atoms with Crippen LogP contribution in [0.5, 0.6) is 0 Å². The molecule has 1 saturated heterocycles. The van der Waals surface area contributed by atoms with Crippen LogP contribution >= 0.6 is 0 Å². The van der Waals surface area contributed by atoms with Crippen LogP contribution in [0.4, 0.5) is 16.4 Å². The Bertz CT molecular complexity index is 1480. The molecule has 0 atom stereocenters. The molecule has 0 aliphatic carbocycles. The number of carbonyl (C=O) groups excluding carboxylic acids is 2. The number of rotatable bonds is 4. The summed E-state index contributed by atoms with van der Waals surface area (Å²) in [5.41, 5.74) is 2.02. The van der Waals surface area contributed by atoms with Gasteiger partial charge in [-0.05, 0) is 56.0 Å². The van der Waals surface area contributed by atoms with E-state index < -0.39 is 5.60 Å². The van der Waals surface area contributed by atoms with Crippen molar-refractivity contribution in [3.63, 3.8) is 0 Å². The van der Waals surface area contributed by atoms with Crippen LogP contribution in [0.15, 0.2) is 61.2 Å². The highest BCUT2D eigenvalue weighted by Crippen LogP contribution is 2.25. The van der Waals surface area contributed by atoms with Crippen molar-refractivity contribution < 1.29 is 14.3 Å². The van der Waals surface area contributed by atoms with E-state index in [1.165, 1.54) is 0 Å². The summed E-state index contributed by atoms with van der Waals surface area (Å²) in [6.07, 6.45) is 6.85. The minimum absolute atomic E-state index is 0.267. The minimum Gasteiger partial charge on any atom is -0.444 e. The molecule has 1 aliphatic heterocycles. The number of amides is 2. The number of aromatic nitrogens is 4. The number of pyridine rings is 2. The number of nitrogens with zero attached hydrogens (tertiary/aromatic N) is 6. The van der Waals surface area contributed by atoms with Crippen molar-refractivity contribution >= 4 is 34.4 Å². The quantitative estimate of drug-likeness (QED) is 0.433. The Labute approximate surface area is 221 Å². The minimum atomic E-state index is -0.529. The monoisotopic (exact) mass is 513 g/mol. The van der Waals surface area contributed by atoms with Gasteiger partial charge in [0.05, 0.1) is 6.20 Å². The summed E-state index contributed by atoms with van der Waals surface area (Å²) in [6, 6.07) is 11.4. The number of fused-ring (bicyclic) bond motifs is 1. The van der Waals surface area contributed by atoms with Gasteiger partial charge in [0, 0.05) is 68.3 Å². The first-order valence-corrected chi connectivity index (χ1v) is 12.5. The summed E-state index contributed by atoms with van der Waals surface area (Å²) in [7, 11) is 1.89. The van der Waals surface area contributed by atoms with E-state index in [-0.39, 0.29) is 12.0 Å². The lowest BCUT2D eigenvalue weighted by Crippen LogP contribution is -2.50. The lowest BCUT2D eigenvalue weighted by Gasteiger charge is -2.36. The van der Waals surface area contributed by atoms with Crippen LogP contribution < -0.4 is 10.2 Å². The molecule has 38 heavy (non-hydrogen) atoms. The number of carbonyl (C=O) groups is 2. The highest BCUT2D eigenvalue weighted by atomic mass is 16.6. The Kier molecular flexibility index (Phi) is 6.71. The topological polar surface area (TPSA) is 105 Å². The van der Waals surface area contributed by atoms with E-state index in [0.29, 0.717) is 43.4 Å². The molecule has 10 heteroatoms. The van der Waals surface area contributed by atoms with E-state index in [9.17, 15) is 9.59 Å². The predicted molar refractivity (Wildman–Crippen MR) is 146 cm³/mol. The second kappa shape index (κ2) is 10.1. The van der Waals surface area contributed by atoms with Crippen molar-refractivity contribution in [2.45, 2.75) is 26.4 Å². The van der Waals surface area contributed by atoms with Crippen molar-refractivity contribution in [2.75, 3.05) is 36.4 Å². The van der Waals surface area contributed by atoms with Crippen molar-refractivity contribution in [1.82, 2.24) is 24.6 Å². The molecule has 0 bridgehead atoms. The molecule has 1 aliphatic rings. The number of ether oxygens (including phenoxy) is 1. The van der Waals surface area contributed by atoms with E-state index in [1.807, 2.05) is 58.4 Å². The first-order chi connectivity index (χ1) is 18.1. The van der Waals surface area contributed by atoms with Gasteiger partial charge < -0.3 is 19.9 Å². The number of hydrogen-bond donors (Lipinski definition) is 1. The first kappa shape index (κ1) is 25.2. The molecule has 1 fully saturated rings. The van der Waals surface area contributed by atoms with Gasteiger partial charge in [0.15, 0.2) is 0 Å². The Balaban J connectivity index is 1.26. The zero-order valence-corrected chi connectivity index (χ0v) is 22.0. The van der Waals surface area contributed by atoms with Crippen molar-refractivity contribution in [2.24, 2.45) is 7.05 Å².